The smallest absolute Gasteiger partial charge is 0.317 e. The third kappa shape index (κ3) is 7.19. The lowest BCUT2D eigenvalue weighted by Crippen LogP contribution is -2.43. The van der Waals surface area contributed by atoms with Crippen molar-refractivity contribution in [2.24, 2.45) is 0 Å². The van der Waals surface area contributed by atoms with Gasteiger partial charge in [0.05, 0.1) is 19.1 Å². The molecular weight excluding hydrogens is 192 g/mol. The van der Waals surface area contributed by atoms with Gasteiger partial charge in [-0.1, -0.05) is 0 Å². The summed E-state index contributed by atoms with van der Waals surface area (Å²) in [5.41, 5.74) is 0. The molecule has 7 nitrogen and oxygen atoms in total. The number of nitrogens with one attached hydrogen (secondary N) is 2. The number of carboxylic acid groups (broad SMARTS) is 2. The molecule has 80 valence electrons. The molecule has 0 aliphatic rings. The van der Waals surface area contributed by atoms with E-state index < -0.39 is 18.0 Å². The molecule has 1 atom stereocenters. The zero-order chi connectivity index (χ0) is 11.0. The topological polar surface area (TPSA) is 116 Å². The summed E-state index contributed by atoms with van der Waals surface area (Å²) < 4.78 is 0. The van der Waals surface area contributed by atoms with Gasteiger partial charge in [0.25, 0.3) is 0 Å². The molecule has 0 aliphatic carbocycles. The number of rotatable bonds is 8. The largest absolute Gasteiger partial charge is 0.480 e. The Morgan fingerprint density at radius 1 is 1.21 bits per heavy atom. The fraction of sp³-hybridized carbons (Fsp3) is 0.571. The molecule has 0 aliphatic heterocycles. The van der Waals surface area contributed by atoms with Crippen LogP contribution in [0.5, 0.6) is 0 Å². The van der Waals surface area contributed by atoms with Crippen LogP contribution in [0.2, 0.25) is 0 Å². The van der Waals surface area contributed by atoms with Crippen LogP contribution in [0, 0.1) is 0 Å². The highest BCUT2D eigenvalue weighted by molar-refractivity contribution is 5.70. The minimum absolute atomic E-state index is 0.0864. The standard InChI is InChI=1S/C7H12N2O5/c10-4-5(9-3-7(13)14)1-8-2-6(11)12/h4-5,8-9H,1-3H2,(H,11,12)(H,13,14). The van der Waals surface area contributed by atoms with Crippen molar-refractivity contribution in [2.45, 2.75) is 6.04 Å². The molecule has 0 aromatic heterocycles. The highest BCUT2D eigenvalue weighted by Crippen LogP contribution is 1.75. The van der Waals surface area contributed by atoms with E-state index in [1.807, 2.05) is 0 Å². The average Bonchev–Trinajstić information content (AvgIpc) is 2.10. The Morgan fingerprint density at radius 2 is 1.79 bits per heavy atom. The summed E-state index contributed by atoms with van der Waals surface area (Å²) >= 11 is 0. The third-order valence-electron chi connectivity index (χ3n) is 1.32. The van der Waals surface area contributed by atoms with E-state index in [2.05, 4.69) is 10.6 Å². The van der Waals surface area contributed by atoms with Crippen LogP contribution in [0.4, 0.5) is 0 Å². The molecule has 0 aromatic rings. The van der Waals surface area contributed by atoms with Crippen molar-refractivity contribution in [3.05, 3.63) is 0 Å². The van der Waals surface area contributed by atoms with Crippen molar-refractivity contribution < 1.29 is 24.6 Å². The first-order valence-electron chi connectivity index (χ1n) is 3.89. The van der Waals surface area contributed by atoms with Gasteiger partial charge in [-0.25, -0.2) is 0 Å². The van der Waals surface area contributed by atoms with E-state index in [0.717, 1.165) is 0 Å². The van der Waals surface area contributed by atoms with Gasteiger partial charge in [0.2, 0.25) is 0 Å². The first-order chi connectivity index (χ1) is 6.56. The number of aliphatic carboxylic acids is 2. The minimum Gasteiger partial charge on any atom is -0.480 e. The van der Waals surface area contributed by atoms with Crippen molar-refractivity contribution in [1.82, 2.24) is 10.6 Å². The lowest BCUT2D eigenvalue weighted by Gasteiger charge is -2.10. The molecule has 0 heterocycles. The summed E-state index contributed by atoms with van der Waals surface area (Å²) in [5, 5.41) is 21.4. The highest BCUT2D eigenvalue weighted by atomic mass is 16.4. The maximum Gasteiger partial charge on any atom is 0.317 e. The Balaban J connectivity index is 3.63. The summed E-state index contributed by atoms with van der Waals surface area (Å²) in [5.74, 6) is -2.11. The van der Waals surface area contributed by atoms with Gasteiger partial charge < -0.3 is 20.3 Å². The van der Waals surface area contributed by atoms with Crippen molar-refractivity contribution in [3.8, 4) is 0 Å². The number of carboxylic acids is 2. The summed E-state index contributed by atoms with van der Waals surface area (Å²) in [6.07, 6.45) is 0.526. The average molecular weight is 204 g/mol. The monoisotopic (exact) mass is 204 g/mol. The quantitative estimate of drug-likeness (QED) is 0.335. The van der Waals surface area contributed by atoms with E-state index in [1.54, 1.807) is 0 Å². The van der Waals surface area contributed by atoms with Crippen molar-refractivity contribution in [3.63, 3.8) is 0 Å². The molecule has 0 rings (SSSR count). The highest BCUT2D eigenvalue weighted by Gasteiger charge is 2.08. The van der Waals surface area contributed by atoms with Gasteiger partial charge in [-0.2, -0.15) is 0 Å². The number of hydrogen-bond donors (Lipinski definition) is 4. The molecule has 4 N–H and O–H groups in total. The van der Waals surface area contributed by atoms with Gasteiger partial charge in [-0.3, -0.25) is 14.9 Å². The number of carbonyl (C=O) groups excluding carboxylic acids is 1. The van der Waals surface area contributed by atoms with Gasteiger partial charge >= 0.3 is 11.9 Å². The summed E-state index contributed by atoms with van der Waals surface area (Å²) in [6.45, 7) is -0.514. The Morgan fingerprint density at radius 3 is 2.21 bits per heavy atom. The molecule has 0 aromatic carbocycles. The Kier molecular flexibility index (Phi) is 6.25. The normalized spacial score (nSPS) is 12.0. The van der Waals surface area contributed by atoms with Crippen LogP contribution in [0.1, 0.15) is 0 Å². The molecule has 0 fully saturated rings. The summed E-state index contributed by atoms with van der Waals surface area (Å²) in [7, 11) is 0. The van der Waals surface area contributed by atoms with Crippen molar-refractivity contribution >= 4 is 18.2 Å². The maximum absolute atomic E-state index is 10.4. The van der Waals surface area contributed by atoms with Crippen LogP contribution in [0.3, 0.4) is 0 Å². The van der Waals surface area contributed by atoms with Crippen LogP contribution >= 0.6 is 0 Å². The van der Waals surface area contributed by atoms with Crippen LogP contribution in [0.15, 0.2) is 0 Å². The molecule has 0 bridgehead atoms. The van der Waals surface area contributed by atoms with E-state index in [9.17, 15) is 14.4 Å². The predicted octanol–water partition coefficient (Wildman–Crippen LogP) is -2.10. The third-order valence-corrected chi connectivity index (χ3v) is 1.32. The van der Waals surface area contributed by atoms with E-state index >= 15 is 0 Å². The molecule has 0 saturated carbocycles. The lowest BCUT2D eigenvalue weighted by atomic mass is 10.3. The zero-order valence-electron chi connectivity index (χ0n) is 7.40. The van der Waals surface area contributed by atoms with Gasteiger partial charge in [0.15, 0.2) is 0 Å². The minimum atomic E-state index is -1.07. The second kappa shape index (κ2) is 6.98. The lowest BCUT2D eigenvalue weighted by molar-refractivity contribution is -0.137. The van der Waals surface area contributed by atoms with E-state index in [-0.39, 0.29) is 19.6 Å². The second-order valence-corrected chi connectivity index (χ2v) is 2.54. The molecular formula is C7H12N2O5. The maximum atomic E-state index is 10.4. The van der Waals surface area contributed by atoms with E-state index in [4.69, 9.17) is 10.2 Å². The summed E-state index contributed by atoms with van der Waals surface area (Å²) in [4.78, 5) is 30.5. The second-order valence-electron chi connectivity index (χ2n) is 2.54. The van der Waals surface area contributed by atoms with E-state index in [0.29, 0.717) is 6.29 Å². The van der Waals surface area contributed by atoms with Gasteiger partial charge in [0.1, 0.15) is 6.29 Å². The van der Waals surface area contributed by atoms with Gasteiger partial charge in [-0.15, -0.1) is 0 Å². The predicted molar refractivity (Wildman–Crippen MR) is 46.0 cm³/mol. The molecule has 0 saturated heterocycles. The fourth-order valence-corrected chi connectivity index (χ4v) is 0.721. The van der Waals surface area contributed by atoms with Crippen LogP contribution in [-0.2, 0) is 14.4 Å². The first-order valence-corrected chi connectivity index (χ1v) is 3.89. The molecule has 0 amide bonds. The molecule has 0 spiro atoms. The number of carbonyl (C=O) groups is 3. The Hall–Kier alpha value is -1.47. The SMILES string of the molecule is O=CC(CNCC(=O)O)NCC(=O)O. The fourth-order valence-electron chi connectivity index (χ4n) is 0.721. The van der Waals surface area contributed by atoms with Crippen molar-refractivity contribution in [1.29, 1.82) is 0 Å². The van der Waals surface area contributed by atoms with Crippen LogP contribution < -0.4 is 10.6 Å². The first kappa shape index (κ1) is 12.5. The molecule has 14 heavy (non-hydrogen) atoms. The molecule has 0 radical (unpaired) electrons. The molecule has 7 heteroatoms. The Labute approximate surface area is 80.1 Å². The van der Waals surface area contributed by atoms with Crippen molar-refractivity contribution in [2.75, 3.05) is 19.6 Å². The number of hydrogen-bond acceptors (Lipinski definition) is 5. The summed E-state index contributed by atoms with van der Waals surface area (Å²) in [6, 6.07) is -0.689. The number of aldehydes is 1. The van der Waals surface area contributed by atoms with E-state index in [1.165, 1.54) is 0 Å². The zero-order valence-corrected chi connectivity index (χ0v) is 7.40. The molecule has 1 unspecified atom stereocenters. The van der Waals surface area contributed by atoms with Crippen LogP contribution in [0.25, 0.3) is 0 Å². The van der Waals surface area contributed by atoms with Gasteiger partial charge in [-0.05, 0) is 0 Å². The van der Waals surface area contributed by atoms with Crippen LogP contribution in [-0.4, -0.2) is 54.1 Å². The Bertz CT molecular complexity index is 218. The van der Waals surface area contributed by atoms with Gasteiger partial charge in [0, 0.05) is 6.54 Å².